The Hall–Kier alpha value is -0.160. The summed E-state index contributed by atoms with van der Waals surface area (Å²) in [4.78, 5) is 2.41. The van der Waals surface area contributed by atoms with E-state index in [2.05, 4.69) is 4.90 Å². The average Bonchev–Trinajstić information content (AvgIpc) is 2.37. The van der Waals surface area contributed by atoms with Crippen molar-refractivity contribution in [1.29, 1.82) is 0 Å². The zero-order valence-corrected chi connectivity index (χ0v) is 12.1. The van der Waals surface area contributed by atoms with E-state index >= 15 is 0 Å². The topological polar surface area (TPSA) is 52.9 Å². The fraction of sp³-hybridized carbons (Fsp3) is 1.00. The van der Waals surface area contributed by atoms with Crippen molar-refractivity contribution < 1.29 is 14.9 Å². The number of ether oxygens (including phenoxy) is 1. The van der Waals surface area contributed by atoms with Crippen LogP contribution in [0.1, 0.15) is 46.0 Å². The van der Waals surface area contributed by atoms with Gasteiger partial charge >= 0.3 is 0 Å². The number of piperidine rings is 1. The maximum Gasteiger partial charge on any atom is 0.0880 e. The average molecular weight is 259 g/mol. The summed E-state index contributed by atoms with van der Waals surface area (Å²) in [5.74, 6) is 0. The smallest absolute Gasteiger partial charge is 0.0880 e. The van der Waals surface area contributed by atoms with E-state index in [1.54, 1.807) is 7.11 Å². The summed E-state index contributed by atoms with van der Waals surface area (Å²) in [5.41, 5.74) is -0.484. The van der Waals surface area contributed by atoms with Crippen LogP contribution >= 0.6 is 0 Å². The van der Waals surface area contributed by atoms with Crippen molar-refractivity contribution in [2.75, 3.05) is 26.8 Å². The van der Waals surface area contributed by atoms with Gasteiger partial charge in [-0.3, -0.25) is 0 Å². The summed E-state index contributed by atoms with van der Waals surface area (Å²) in [6.07, 6.45) is 4.79. The molecule has 0 radical (unpaired) electrons. The molecule has 1 aliphatic rings. The third-order valence-corrected chi connectivity index (χ3v) is 4.23. The van der Waals surface area contributed by atoms with E-state index in [-0.39, 0.29) is 6.61 Å². The number of hydrogen-bond acceptors (Lipinski definition) is 4. The van der Waals surface area contributed by atoms with Gasteiger partial charge in [0.1, 0.15) is 0 Å². The summed E-state index contributed by atoms with van der Waals surface area (Å²) in [7, 11) is 1.64. The van der Waals surface area contributed by atoms with Crippen LogP contribution in [0.15, 0.2) is 0 Å². The van der Waals surface area contributed by atoms with E-state index in [0.717, 1.165) is 25.9 Å². The summed E-state index contributed by atoms with van der Waals surface area (Å²) < 4.78 is 5.31. The minimum atomic E-state index is -0.484. The summed E-state index contributed by atoms with van der Waals surface area (Å²) in [5, 5.41) is 19.2. The molecule has 2 unspecified atom stereocenters. The molecule has 4 nitrogen and oxygen atoms in total. The van der Waals surface area contributed by atoms with Crippen LogP contribution in [0.4, 0.5) is 0 Å². The number of rotatable bonds is 7. The second-order valence-corrected chi connectivity index (χ2v) is 5.81. The Morgan fingerprint density at radius 3 is 2.72 bits per heavy atom. The van der Waals surface area contributed by atoms with Crippen LogP contribution in [0.2, 0.25) is 0 Å². The Bertz CT molecular complexity index is 231. The molecular weight excluding hydrogens is 230 g/mol. The van der Waals surface area contributed by atoms with E-state index < -0.39 is 11.7 Å². The zero-order chi connectivity index (χ0) is 13.6. The van der Waals surface area contributed by atoms with Gasteiger partial charge in [-0.25, -0.2) is 0 Å². The molecule has 18 heavy (non-hydrogen) atoms. The number of aliphatic hydroxyl groups is 2. The Balaban J connectivity index is 2.40. The highest BCUT2D eigenvalue weighted by atomic mass is 16.5. The summed E-state index contributed by atoms with van der Waals surface area (Å²) in [6.45, 7) is 6.06. The molecule has 0 aliphatic carbocycles. The molecular formula is C14H29NO3. The van der Waals surface area contributed by atoms with Gasteiger partial charge in [-0.2, -0.15) is 0 Å². The van der Waals surface area contributed by atoms with E-state index in [1.807, 2.05) is 13.8 Å². The van der Waals surface area contributed by atoms with Gasteiger partial charge in [0, 0.05) is 26.3 Å². The number of likely N-dealkylation sites (tertiary alicyclic amines) is 1. The molecule has 0 aromatic heterocycles. The molecule has 1 fully saturated rings. The fourth-order valence-electron chi connectivity index (χ4n) is 2.60. The van der Waals surface area contributed by atoms with Crippen LogP contribution in [0.5, 0.6) is 0 Å². The standard InChI is InChI=1S/C14H29NO3/c1-14(2,18-3)13(17)7-10-15-9-5-4-6-12(15)8-11-16/h12-13,16-17H,4-11H2,1-3H3. The van der Waals surface area contributed by atoms with Gasteiger partial charge in [0.25, 0.3) is 0 Å². The van der Waals surface area contributed by atoms with Gasteiger partial charge < -0.3 is 19.8 Å². The minimum absolute atomic E-state index is 0.257. The Kier molecular flexibility index (Phi) is 6.57. The number of aliphatic hydroxyl groups excluding tert-OH is 2. The first-order valence-corrected chi connectivity index (χ1v) is 7.09. The third-order valence-electron chi connectivity index (χ3n) is 4.23. The highest BCUT2D eigenvalue weighted by Gasteiger charge is 2.29. The Morgan fingerprint density at radius 1 is 1.39 bits per heavy atom. The molecule has 4 heteroatoms. The maximum absolute atomic E-state index is 10.1. The number of methoxy groups -OCH3 is 1. The lowest BCUT2D eigenvalue weighted by molar-refractivity contribution is -0.0839. The predicted molar refractivity (Wildman–Crippen MR) is 72.6 cm³/mol. The molecule has 1 saturated heterocycles. The second-order valence-electron chi connectivity index (χ2n) is 5.81. The number of nitrogens with zero attached hydrogens (tertiary/aromatic N) is 1. The van der Waals surface area contributed by atoms with Crippen LogP contribution in [0.25, 0.3) is 0 Å². The minimum Gasteiger partial charge on any atom is -0.396 e. The molecule has 1 heterocycles. The SMILES string of the molecule is COC(C)(C)C(O)CCN1CCCCC1CCO. The van der Waals surface area contributed by atoms with E-state index in [1.165, 1.54) is 19.3 Å². The molecule has 108 valence electrons. The predicted octanol–water partition coefficient (Wildman–Crippen LogP) is 1.40. The van der Waals surface area contributed by atoms with E-state index in [9.17, 15) is 5.11 Å². The lowest BCUT2D eigenvalue weighted by atomic mass is 9.96. The Labute approximate surface area is 111 Å². The summed E-state index contributed by atoms with van der Waals surface area (Å²) >= 11 is 0. The maximum atomic E-state index is 10.1. The highest BCUT2D eigenvalue weighted by Crippen LogP contribution is 2.22. The van der Waals surface area contributed by atoms with Gasteiger partial charge in [-0.1, -0.05) is 6.42 Å². The molecule has 0 bridgehead atoms. The van der Waals surface area contributed by atoms with Gasteiger partial charge in [-0.05, 0) is 46.1 Å². The van der Waals surface area contributed by atoms with Crippen molar-refractivity contribution in [3.05, 3.63) is 0 Å². The molecule has 0 spiro atoms. The van der Waals surface area contributed by atoms with Crippen LogP contribution in [0.3, 0.4) is 0 Å². The van der Waals surface area contributed by atoms with E-state index in [0.29, 0.717) is 6.04 Å². The first kappa shape index (κ1) is 15.9. The van der Waals surface area contributed by atoms with Crippen LogP contribution in [-0.4, -0.2) is 59.7 Å². The monoisotopic (exact) mass is 259 g/mol. The molecule has 1 rings (SSSR count). The van der Waals surface area contributed by atoms with Gasteiger partial charge in [0.2, 0.25) is 0 Å². The molecule has 1 aliphatic heterocycles. The van der Waals surface area contributed by atoms with Gasteiger partial charge in [-0.15, -0.1) is 0 Å². The molecule has 0 saturated carbocycles. The lowest BCUT2D eigenvalue weighted by Crippen LogP contribution is -2.44. The largest absolute Gasteiger partial charge is 0.396 e. The van der Waals surface area contributed by atoms with Crippen LogP contribution in [0, 0.1) is 0 Å². The second kappa shape index (κ2) is 7.43. The van der Waals surface area contributed by atoms with Crippen molar-refractivity contribution in [3.63, 3.8) is 0 Å². The van der Waals surface area contributed by atoms with Crippen molar-refractivity contribution in [2.24, 2.45) is 0 Å². The van der Waals surface area contributed by atoms with Crippen LogP contribution in [-0.2, 0) is 4.74 Å². The lowest BCUT2D eigenvalue weighted by Gasteiger charge is -2.37. The molecule has 0 aromatic carbocycles. The molecule has 2 atom stereocenters. The Morgan fingerprint density at radius 2 is 2.11 bits per heavy atom. The molecule has 0 amide bonds. The van der Waals surface area contributed by atoms with Crippen molar-refractivity contribution in [3.8, 4) is 0 Å². The summed E-state index contributed by atoms with van der Waals surface area (Å²) in [6, 6.07) is 0.488. The van der Waals surface area contributed by atoms with Gasteiger partial charge in [0.15, 0.2) is 0 Å². The molecule has 2 N–H and O–H groups in total. The highest BCUT2D eigenvalue weighted by molar-refractivity contribution is 4.82. The van der Waals surface area contributed by atoms with E-state index in [4.69, 9.17) is 9.84 Å². The quantitative estimate of drug-likeness (QED) is 0.725. The van der Waals surface area contributed by atoms with Crippen molar-refractivity contribution in [1.82, 2.24) is 4.90 Å². The van der Waals surface area contributed by atoms with Crippen LogP contribution < -0.4 is 0 Å². The normalized spacial score (nSPS) is 24.2. The third kappa shape index (κ3) is 4.50. The first-order valence-electron chi connectivity index (χ1n) is 7.09. The zero-order valence-electron chi connectivity index (χ0n) is 12.1. The van der Waals surface area contributed by atoms with Gasteiger partial charge in [0.05, 0.1) is 11.7 Å². The first-order chi connectivity index (χ1) is 8.51. The molecule has 0 aromatic rings. The number of hydrogen-bond donors (Lipinski definition) is 2. The van der Waals surface area contributed by atoms with Crippen molar-refractivity contribution in [2.45, 2.75) is 63.7 Å². The fourth-order valence-corrected chi connectivity index (χ4v) is 2.60. The van der Waals surface area contributed by atoms with Crippen molar-refractivity contribution >= 4 is 0 Å².